The number of carbonyl (C=O) groups is 1. The standard InChI is InChI=1S/C18H27NO3S/c1-23(21,22)14-16-9-11-17(12-10-16)18(20)19-13-5-8-15-6-3-2-4-7-15/h9-12,15H,2-8,13-14H2,1H3,(H,19,20). The molecule has 0 aliphatic heterocycles. The largest absolute Gasteiger partial charge is 0.352 e. The van der Waals surface area contributed by atoms with Crippen molar-refractivity contribution in [3.63, 3.8) is 0 Å². The van der Waals surface area contributed by atoms with Gasteiger partial charge in [0.15, 0.2) is 9.84 Å². The maximum absolute atomic E-state index is 12.1. The van der Waals surface area contributed by atoms with E-state index in [1.54, 1.807) is 24.3 Å². The molecule has 128 valence electrons. The number of nitrogens with one attached hydrogen (secondary N) is 1. The van der Waals surface area contributed by atoms with Gasteiger partial charge in [-0.15, -0.1) is 0 Å². The van der Waals surface area contributed by atoms with E-state index in [1.807, 2.05) is 0 Å². The Hall–Kier alpha value is -1.36. The fourth-order valence-electron chi connectivity index (χ4n) is 3.23. The summed E-state index contributed by atoms with van der Waals surface area (Å²) in [5, 5.41) is 2.95. The summed E-state index contributed by atoms with van der Waals surface area (Å²) in [5.74, 6) is 0.770. The highest BCUT2D eigenvalue weighted by Crippen LogP contribution is 2.26. The van der Waals surface area contributed by atoms with Crippen LogP contribution in [0.1, 0.15) is 60.9 Å². The molecule has 1 amide bonds. The van der Waals surface area contributed by atoms with Gasteiger partial charge in [0.25, 0.3) is 5.91 Å². The van der Waals surface area contributed by atoms with Gasteiger partial charge < -0.3 is 5.32 Å². The molecule has 1 N–H and O–H groups in total. The highest BCUT2D eigenvalue weighted by molar-refractivity contribution is 7.89. The van der Waals surface area contributed by atoms with Crippen molar-refractivity contribution >= 4 is 15.7 Å². The van der Waals surface area contributed by atoms with Crippen LogP contribution in [0.4, 0.5) is 0 Å². The molecule has 1 saturated carbocycles. The lowest BCUT2D eigenvalue weighted by atomic mass is 9.86. The van der Waals surface area contributed by atoms with Gasteiger partial charge in [0.05, 0.1) is 5.75 Å². The van der Waals surface area contributed by atoms with E-state index in [0.29, 0.717) is 17.7 Å². The van der Waals surface area contributed by atoms with Crippen LogP contribution in [0.2, 0.25) is 0 Å². The summed E-state index contributed by atoms with van der Waals surface area (Å²) in [6.07, 6.45) is 10.2. The lowest BCUT2D eigenvalue weighted by molar-refractivity contribution is 0.0952. The minimum atomic E-state index is -3.04. The van der Waals surface area contributed by atoms with Gasteiger partial charge in [0.1, 0.15) is 0 Å². The lowest BCUT2D eigenvalue weighted by Crippen LogP contribution is -2.25. The second-order valence-corrected chi connectivity index (χ2v) is 8.81. The van der Waals surface area contributed by atoms with Crippen LogP contribution in [0.15, 0.2) is 24.3 Å². The highest BCUT2D eigenvalue weighted by atomic mass is 32.2. The van der Waals surface area contributed by atoms with Gasteiger partial charge in [-0.1, -0.05) is 44.2 Å². The SMILES string of the molecule is CS(=O)(=O)Cc1ccc(C(=O)NCCCC2CCCCC2)cc1. The summed E-state index contributed by atoms with van der Waals surface area (Å²) in [6, 6.07) is 6.80. The summed E-state index contributed by atoms with van der Waals surface area (Å²) in [5.41, 5.74) is 1.29. The number of rotatable bonds is 7. The minimum Gasteiger partial charge on any atom is -0.352 e. The zero-order chi connectivity index (χ0) is 16.7. The molecule has 4 nitrogen and oxygen atoms in total. The molecule has 23 heavy (non-hydrogen) atoms. The first-order valence-electron chi connectivity index (χ1n) is 8.49. The Kier molecular flexibility index (Phi) is 6.63. The molecule has 1 fully saturated rings. The highest BCUT2D eigenvalue weighted by Gasteiger charge is 2.13. The second-order valence-electron chi connectivity index (χ2n) is 6.67. The monoisotopic (exact) mass is 337 g/mol. The molecule has 1 aromatic carbocycles. The average Bonchev–Trinajstić information content (AvgIpc) is 2.51. The first-order valence-corrected chi connectivity index (χ1v) is 10.5. The molecular formula is C18H27NO3S. The maximum Gasteiger partial charge on any atom is 0.251 e. The average molecular weight is 337 g/mol. The van der Waals surface area contributed by atoms with E-state index in [4.69, 9.17) is 0 Å². The number of sulfone groups is 1. The molecule has 5 heteroatoms. The van der Waals surface area contributed by atoms with Gasteiger partial charge in [-0.05, 0) is 36.5 Å². The van der Waals surface area contributed by atoms with Crippen molar-refractivity contribution in [1.29, 1.82) is 0 Å². The van der Waals surface area contributed by atoms with E-state index in [-0.39, 0.29) is 11.7 Å². The first-order chi connectivity index (χ1) is 10.9. The van der Waals surface area contributed by atoms with Crippen molar-refractivity contribution in [2.75, 3.05) is 12.8 Å². The molecule has 1 aliphatic rings. The fraction of sp³-hybridized carbons (Fsp3) is 0.611. The Morgan fingerprint density at radius 1 is 1.13 bits per heavy atom. The van der Waals surface area contributed by atoms with Crippen molar-refractivity contribution < 1.29 is 13.2 Å². The van der Waals surface area contributed by atoms with E-state index in [0.717, 1.165) is 12.3 Å². The predicted molar refractivity (Wildman–Crippen MR) is 93.1 cm³/mol. The van der Waals surface area contributed by atoms with Crippen LogP contribution in [0.25, 0.3) is 0 Å². The van der Waals surface area contributed by atoms with Crippen LogP contribution >= 0.6 is 0 Å². The smallest absolute Gasteiger partial charge is 0.251 e. The van der Waals surface area contributed by atoms with Crippen LogP contribution in [0.5, 0.6) is 0 Å². The Morgan fingerprint density at radius 3 is 2.39 bits per heavy atom. The molecule has 2 rings (SSSR count). The lowest BCUT2D eigenvalue weighted by Gasteiger charge is -2.21. The summed E-state index contributed by atoms with van der Waals surface area (Å²) >= 11 is 0. The summed E-state index contributed by atoms with van der Waals surface area (Å²) < 4.78 is 22.5. The fourth-order valence-corrected chi connectivity index (χ4v) is 4.02. The summed E-state index contributed by atoms with van der Waals surface area (Å²) in [7, 11) is -3.04. The van der Waals surface area contributed by atoms with Crippen molar-refractivity contribution in [3.8, 4) is 0 Å². The molecular weight excluding hydrogens is 310 g/mol. The molecule has 0 aromatic heterocycles. The van der Waals surface area contributed by atoms with Crippen LogP contribution in [0.3, 0.4) is 0 Å². The summed E-state index contributed by atoms with van der Waals surface area (Å²) in [4.78, 5) is 12.1. The molecule has 0 heterocycles. The Balaban J connectivity index is 1.72. The van der Waals surface area contributed by atoms with Crippen LogP contribution < -0.4 is 5.32 Å². The molecule has 0 saturated heterocycles. The van der Waals surface area contributed by atoms with Crippen LogP contribution in [-0.4, -0.2) is 27.1 Å². The van der Waals surface area contributed by atoms with Crippen LogP contribution in [-0.2, 0) is 15.6 Å². The third-order valence-electron chi connectivity index (χ3n) is 4.44. The first kappa shape index (κ1) is 18.0. The maximum atomic E-state index is 12.1. The molecule has 0 spiro atoms. The predicted octanol–water partition coefficient (Wildman–Crippen LogP) is 3.32. The Morgan fingerprint density at radius 2 is 1.78 bits per heavy atom. The van der Waals surface area contributed by atoms with Crippen molar-refractivity contribution in [2.45, 2.75) is 50.7 Å². The third kappa shape index (κ3) is 6.73. The number of amides is 1. The third-order valence-corrected chi connectivity index (χ3v) is 5.30. The van der Waals surface area contributed by atoms with Crippen molar-refractivity contribution in [2.24, 2.45) is 5.92 Å². The number of hydrogen-bond donors (Lipinski definition) is 1. The quantitative estimate of drug-likeness (QED) is 0.776. The Labute approximate surface area is 139 Å². The normalized spacial score (nSPS) is 16.2. The second kappa shape index (κ2) is 8.48. The Bertz CT molecular complexity index is 602. The minimum absolute atomic E-state index is 0.0102. The topological polar surface area (TPSA) is 63.2 Å². The number of hydrogen-bond acceptors (Lipinski definition) is 3. The zero-order valence-electron chi connectivity index (χ0n) is 13.9. The van der Waals surface area contributed by atoms with E-state index in [2.05, 4.69) is 5.32 Å². The van der Waals surface area contributed by atoms with Gasteiger partial charge in [-0.2, -0.15) is 0 Å². The van der Waals surface area contributed by atoms with Gasteiger partial charge in [-0.3, -0.25) is 4.79 Å². The van der Waals surface area contributed by atoms with Crippen molar-refractivity contribution in [3.05, 3.63) is 35.4 Å². The van der Waals surface area contributed by atoms with Gasteiger partial charge in [0.2, 0.25) is 0 Å². The molecule has 0 bridgehead atoms. The molecule has 0 atom stereocenters. The number of carbonyl (C=O) groups excluding carboxylic acids is 1. The number of benzene rings is 1. The van der Waals surface area contributed by atoms with Crippen LogP contribution in [0, 0.1) is 5.92 Å². The van der Waals surface area contributed by atoms with E-state index >= 15 is 0 Å². The zero-order valence-corrected chi connectivity index (χ0v) is 14.7. The van der Waals surface area contributed by atoms with Crippen molar-refractivity contribution in [1.82, 2.24) is 5.32 Å². The molecule has 1 aromatic rings. The molecule has 1 aliphatic carbocycles. The van der Waals surface area contributed by atoms with E-state index in [1.165, 1.54) is 44.8 Å². The van der Waals surface area contributed by atoms with Gasteiger partial charge in [0, 0.05) is 18.4 Å². The van der Waals surface area contributed by atoms with E-state index in [9.17, 15) is 13.2 Å². The molecule has 0 unspecified atom stereocenters. The van der Waals surface area contributed by atoms with E-state index < -0.39 is 9.84 Å². The molecule has 0 radical (unpaired) electrons. The van der Waals surface area contributed by atoms with Gasteiger partial charge in [-0.25, -0.2) is 8.42 Å². The summed E-state index contributed by atoms with van der Waals surface area (Å²) in [6.45, 7) is 0.709. The van der Waals surface area contributed by atoms with Gasteiger partial charge >= 0.3 is 0 Å².